The summed E-state index contributed by atoms with van der Waals surface area (Å²) in [4.78, 5) is 27.3. The number of aliphatic carboxylic acids is 1. The van der Waals surface area contributed by atoms with Gasteiger partial charge in [0.1, 0.15) is 11.0 Å². The van der Waals surface area contributed by atoms with Gasteiger partial charge in [-0.3, -0.25) is 4.79 Å². The standard InChI is InChI=1S/C33H36N2O9S.Na/c1-17(2)43-28-13-19(12-25(39-5)32(28)44-18(3)4)11-22(29(33(37)38)20-9-10-23-24(14-20)35-45-34-23)30(36)21-15-26(40-6)31(42-8)27(16-21)41-7;/h9-10,12-18H,11H2,1-8H3,(H,37,38);/q;+1/p-1. The van der Waals surface area contributed by atoms with E-state index in [0.717, 1.165) is 11.7 Å². The summed E-state index contributed by atoms with van der Waals surface area (Å²) in [6, 6.07) is 11.1. The Morgan fingerprint density at radius 3 is 1.83 bits per heavy atom. The van der Waals surface area contributed by atoms with Gasteiger partial charge in [-0.2, -0.15) is 8.75 Å². The molecule has 0 atom stereocenters. The predicted molar refractivity (Wildman–Crippen MR) is 168 cm³/mol. The summed E-state index contributed by atoms with van der Waals surface area (Å²) in [5, 5.41) is 12.9. The molecule has 0 aliphatic carbocycles. The number of fused-ring (bicyclic) bond motifs is 1. The van der Waals surface area contributed by atoms with Crippen LogP contribution in [-0.4, -0.2) is 61.1 Å². The molecule has 0 bridgehead atoms. The van der Waals surface area contributed by atoms with Crippen molar-refractivity contribution >= 4 is 40.1 Å². The molecule has 46 heavy (non-hydrogen) atoms. The number of nitrogens with zero attached hydrogens (tertiary/aromatic N) is 2. The predicted octanol–water partition coefficient (Wildman–Crippen LogP) is 1.93. The van der Waals surface area contributed by atoms with Crippen molar-refractivity contribution in [3.8, 4) is 34.5 Å². The molecule has 0 saturated heterocycles. The Kier molecular flexibility index (Phi) is 12.8. The van der Waals surface area contributed by atoms with Gasteiger partial charge in [0.25, 0.3) is 0 Å². The fourth-order valence-electron chi connectivity index (χ4n) is 4.80. The third kappa shape index (κ3) is 8.11. The monoisotopic (exact) mass is 658 g/mol. The first kappa shape index (κ1) is 36.6. The van der Waals surface area contributed by atoms with Crippen LogP contribution in [0.5, 0.6) is 34.5 Å². The van der Waals surface area contributed by atoms with Crippen LogP contribution in [0.1, 0.15) is 49.2 Å². The first-order valence-corrected chi connectivity index (χ1v) is 14.8. The van der Waals surface area contributed by atoms with Gasteiger partial charge in [0.05, 0.1) is 58.3 Å². The summed E-state index contributed by atoms with van der Waals surface area (Å²) in [5.74, 6) is -0.254. The molecule has 0 spiro atoms. The fourth-order valence-corrected chi connectivity index (χ4v) is 5.32. The molecule has 11 nitrogen and oxygen atoms in total. The van der Waals surface area contributed by atoms with Crippen LogP contribution < -0.4 is 63.1 Å². The summed E-state index contributed by atoms with van der Waals surface area (Å²) < 4.78 is 42.5. The Hall–Kier alpha value is -3.84. The first-order valence-electron chi connectivity index (χ1n) is 14.1. The molecule has 1 heterocycles. The van der Waals surface area contributed by atoms with Gasteiger partial charge in [-0.25, -0.2) is 0 Å². The SMILES string of the molecule is COc1cc(C(=O)C(Cc2cc(OC)c(OC(C)C)c(OC(C)C)c2)=C(C(=O)[O-])c2ccc3nsnc3c2)cc(OC)c1OC.[Na+]. The van der Waals surface area contributed by atoms with E-state index in [4.69, 9.17) is 28.4 Å². The van der Waals surface area contributed by atoms with Gasteiger partial charge in [-0.15, -0.1) is 0 Å². The van der Waals surface area contributed by atoms with Crippen molar-refractivity contribution in [2.75, 3.05) is 28.4 Å². The zero-order valence-corrected chi connectivity index (χ0v) is 30.2. The van der Waals surface area contributed by atoms with Crippen LogP contribution in [0.15, 0.2) is 48.0 Å². The van der Waals surface area contributed by atoms with E-state index in [1.54, 1.807) is 30.3 Å². The number of benzene rings is 3. The summed E-state index contributed by atoms with van der Waals surface area (Å²) in [6.45, 7) is 7.50. The molecular weight excluding hydrogens is 623 g/mol. The quantitative estimate of drug-likeness (QED) is 0.112. The largest absolute Gasteiger partial charge is 1.00 e. The molecule has 4 aromatic rings. The second-order valence-electron chi connectivity index (χ2n) is 10.5. The molecule has 0 N–H and O–H groups in total. The van der Waals surface area contributed by atoms with Gasteiger partial charge in [0.15, 0.2) is 28.8 Å². The van der Waals surface area contributed by atoms with Crippen LogP contribution in [0.25, 0.3) is 16.6 Å². The molecule has 0 aliphatic rings. The Balaban J connectivity index is 0.00000576. The van der Waals surface area contributed by atoms with Crippen molar-refractivity contribution in [2.45, 2.75) is 46.3 Å². The van der Waals surface area contributed by atoms with E-state index in [-0.39, 0.29) is 87.7 Å². The number of rotatable bonds is 14. The van der Waals surface area contributed by atoms with Crippen LogP contribution in [0.2, 0.25) is 0 Å². The van der Waals surface area contributed by atoms with E-state index in [1.807, 2.05) is 27.7 Å². The van der Waals surface area contributed by atoms with Crippen LogP contribution in [-0.2, 0) is 11.2 Å². The molecule has 0 unspecified atom stereocenters. The number of ether oxygens (including phenoxy) is 6. The summed E-state index contributed by atoms with van der Waals surface area (Å²) >= 11 is 0.998. The third-order valence-electron chi connectivity index (χ3n) is 6.65. The first-order chi connectivity index (χ1) is 21.5. The number of carboxylic acid groups (broad SMARTS) is 1. The number of carbonyl (C=O) groups is 2. The number of carboxylic acids is 1. The summed E-state index contributed by atoms with van der Waals surface area (Å²) in [7, 11) is 5.79. The van der Waals surface area contributed by atoms with Crippen LogP contribution >= 0.6 is 11.7 Å². The molecule has 0 amide bonds. The topological polar surface area (TPSA) is 138 Å². The molecular formula is C33H35N2NaO9S. The number of Topliss-reactive ketones (excluding diaryl/α,β-unsaturated/α-hetero) is 1. The molecule has 0 saturated carbocycles. The Labute approximate surface area is 294 Å². The van der Waals surface area contributed by atoms with Crippen molar-refractivity contribution < 1.29 is 72.7 Å². The number of hydrogen-bond acceptors (Lipinski definition) is 12. The minimum Gasteiger partial charge on any atom is -0.545 e. The number of hydrogen-bond donors (Lipinski definition) is 0. The molecule has 13 heteroatoms. The smallest absolute Gasteiger partial charge is 0.545 e. The van der Waals surface area contributed by atoms with Gasteiger partial charge in [0.2, 0.25) is 11.5 Å². The normalized spacial score (nSPS) is 11.5. The van der Waals surface area contributed by atoms with Crippen molar-refractivity contribution in [1.29, 1.82) is 0 Å². The van der Waals surface area contributed by atoms with E-state index >= 15 is 0 Å². The Bertz CT molecular complexity index is 1730. The van der Waals surface area contributed by atoms with Gasteiger partial charge in [0, 0.05) is 23.1 Å². The molecule has 0 aliphatic heterocycles. The fraction of sp³-hybridized carbons (Fsp3) is 0.333. The summed E-state index contributed by atoms with van der Waals surface area (Å²) in [6.07, 6.45) is -0.539. The molecule has 1 aromatic heterocycles. The third-order valence-corrected chi connectivity index (χ3v) is 7.20. The average Bonchev–Trinajstić information content (AvgIpc) is 3.48. The number of ketones is 1. The van der Waals surface area contributed by atoms with Gasteiger partial charge in [-0.1, -0.05) is 6.07 Å². The van der Waals surface area contributed by atoms with Crippen molar-refractivity contribution in [2.24, 2.45) is 0 Å². The number of carbonyl (C=O) groups excluding carboxylic acids is 2. The number of methoxy groups -OCH3 is 4. The van der Waals surface area contributed by atoms with Gasteiger partial charge < -0.3 is 38.3 Å². The average molecular weight is 659 g/mol. The zero-order valence-electron chi connectivity index (χ0n) is 27.4. The van der Waals surface area contributed by atoms with Crippen molar-refractivity contribution in [3.05, 3.63) is 64.7 Å². The number of aromatic nitrogens is 2. The van der Waals surface area contributed by atoms with Crippen LogP contribution in [0.3, 0.4) is 0 Å². The second-order valence-corrected chi connectivity index (χ2v) is 11.0. The van der Waals surface area contributed by atoms with Gasteiger partial charge in [-0.05, 0) is 75.2 Å². The maximum absolute atomic E-state index is 14.4. The van der Waals surface area contributed by atoms with E-state index in [9.17, 15) is 14.7 Å². The molecule has 4 rings (SSSR count). The van der Waals surface area contributed by atoms with E-state index in [1.165, 1.54) is 40.6 Å². The minimum atomic E-state index is -1.54. The Morgan fingerprint density at radius 1 is 0.717 bits per heavy atom. The maximum atomic E-state index is 14.4. The Morgan fingerprint density at radius 2 is 1.28 bits per heavy atom. The molecule has 3 aromatic carbocycles. The van der Waals surface area contributed by atoms with Crippen molar-refractivity contribution in [3.63, 3.8) is 0 Å². The van der Waals surface area contributed by atoms with E-state index < -0.39 is 11.8 Å². The molecule has 0 radical (unpaired) electrons. The zero-order chi connectivity index (χ0) is 32.8. The maximum Gasteiger partial charge on any atom is 1.00 e. The number of allylic oxidation sites excluding steroid dienone is 1. The molecule has 0 fully saturated rings. The minimum absolute atomic E-state index is 0. The second kappa shape index (κ2) is 16.1. The van der Waals surface area contributed by atoms with Crippen LogP contribution in [0.4, 0.5) is 0 Å². The van der Waals surface area contributed by atoms with Crippen molar-refractivity contribution in [1.82, 2.24) is 8.75 Å². The van der Waals surface area contributed by atoms with E-state index in [2.05, 4.69) is 8.75 Å². The molecule has 238 valence electrons. The summed E-state index contributed by atoms with van der Waals surface area (Å²) in [5.41, 5.74) is 1.58. The van der Waals surface area contributed by atoms with E-state index in [0.29, 0.717) is 33.8 Å². The van der Waals surface area contributed by atoms with Gasteiger partial charge >= 0.3 is 29.6 Å². The van der Waals surface area contributed by atoms with Crippen LogP contribution in [0, 0.1) is 0 Å².